The van der Waals surface area contributed by atoms with Crippen molar-refractivity contribution in [2.45, 2.75) is 255 Å². The number of hydrogen-bond acceptors (Lipinski definition) is 9. The number of aliphatic hydroxyl groups is 2. The van der Waals surface area contributed by atoms with Gasteiger partial charge in [0.2, 0.25) is 23.6 Å². The third-order valence-corrected chi connectivity index (χ3v) is 24.9. The van der Waals surface area contributed by atoms with E-state index >= 15 is 4.79 Å². The van der Waals surface area contributed by atoms with Crippen molar-refractivity contribution in [2.75, 3.05) is 47.9 Å². The number of aliphatic hydroxyl groups excluding tert-OH is 2. The van der Waals surface area contributed by atoms with Gasteiger partial charge in [0.1, 0.15) is 11.8 Å². The minimum absolute atomic E-state index is 0.0321. The van der Waals surface area contributed by atoms with Gasteiger partial charge in [0.15, 0.2) is 0 Å². The summed E-state index contributed by atoms with van der Waals surface area (Å²) in [5.41, 5.74) is 0.302. The van der Waals surface area contributed by atoms with E-state index in [0.29, 0.717) is 49.0 Å². The van der Waals surface area contributed by atoms with Crippen LogP contribution in [0.2, 0.25) is 0 Å². The largest absolute Gasteiger partial charge is 0.396 e. The number of amides is 4. The molecule has 0 aromatic rings. The van der Waals surface area contributed by atoms with Crippen LogP contribution >= 0.6 is 0 Å². The quantitative estimate of drug-likeness (QED) is 0.0847. The number of ketones is 1. The monoisotopic (exact) mass is 1110 g/mol. The maximum Gasteiger partial charge on any atom is 0.245 e. The molecular weight excluding hydrogens is 991 g/mol. The van der Waals surface area contributed by atoms with Crippen molar-refractivity contribution in [3.8, 4) is 0 Å². The lowest BCUT2D eigenvalue weighted by Crippen LogP contribution is -2.68. The second-order valence-corrected chi connectivity index (χ2v) is 30.6. The molecule has 6 unspecified atom stereocenters. The van der Waals surface area contributed by atoms with Crippen LogP contribution in [0.15, 0.2) is 0 Å². The van der Waals surface area contributed by atoms with Crippen LogP contribution in [0.4, 0.5) is 0 Å². The molecule has 4 amide bonds. The predicted octanol–water partition coefficient (Wildman–Crippen LogP) is 10.4. The Hall–Kier alpha value is -2.61. The molecule has 0 spiro atoms. The zero-order valence-corrected chi connectivity index (χ0v) is 53.2. The predicted molar refractivity (Wildman–Crippen MR) is 314 cm³/mol. The summed E-state index contributed by atoms with van der Waals surface area (Å²) in [6.45, 7) is 32.4. The van der Waals surface area contributed by atoms with Crippen LogP contribution in [-0.4, -0.2) is 150 Å². The molecule has 13 nitrogen and oxygen atoms in total. The molecule has 0 aromatic heterocycles. The summed E-state index contributed by atoms with van der Waals surface area (Å²) in [6.07, 6.45) is 15.5. The highest BCUT2D eigenvalue weighted by molar-refractivity contribution is 5.90. The molecular formula is C66H115N5O8. The molecule has 452 valence electrons. The molecule has 2 saturated heterocycles. The van der Waals surface area contributed by atoms with Gasteiger partial charge in [-0.15, -0.1) is 0 Å². The van der Waals surface area contributed by atoms with Gasteiger partial charge in [-0.05, 0) is 172 Å². The second-order valence-electron chi connectivity index (χ2n) is 30.6. The number of nitrogens with zero attached hydrogens (tertiary/aromatic N) is 4. The normalized spacial score (nSPS) is 36.3. The summed E-state index contributed by atoms with van der Waals surface area (Å²) in [5, 5.41) is 25.3. The summed E-state index contributed by atoms with van der Waals surface area (Å²) >= 11 is 0. The minimum atomic E-state index is -0.779. The Kier molecular flexibility index (Phi) is 19.6. The molecule has 2 heterocycles. The first-order chi connectivity index (χ1) is 36.9. The summed E-state index contributed by atoms with van der Waals surface area (Å²) in [4.78, 5) is 79.7. The molecule has 0 radical (unpaired) electrons. The van der Waals surface area contributed by atoms with Crippen LogP contribution in [0.5, 0.6) is 0 Å². The zero-order valence-electron chi connectivity index (χ0n) is 53.2. The van der Waals surface area contributed by atoms with Crippen molar-refractivity contribution in [3.05, 3.63) is 0 Å². The molecule has 13 heteroatoms. The standard InChI is InChI=1S/C66H115N5O8/c1-19-42(6)55(69(17)59(77)53(40(2)3)67-58(76)54(41(4)5)68(15)16)44(39-72)38-51(75)70-37-23-24-46(70)56(79-18)43(7)47(73)25-21-20-22-36-71-57-52-45-26-27-49-63(12)30-29-50(74)62(10,11)48(63)28-31-65(49,14)64(45,13)33-35-66(52,60(71)78)34-32-61(57,8)9/h40-46,48-50,52-57,72,74H,19-39H2,1-18H3,(H,67,76)/t42-,43-,44-,45?,46?,48?,49?,50-,52?,53-,54-,55-,56+,57?,63-,64+,65+,66-/m0/s1. The number of likely N-dealkylation sites (N-methyl/N-ethyl adjacent to an activating group) is 2. The van der Waals surface area contributed by atoms with Gasteiger partial charge in [-0.25, -0.2) is 0 Å². The number of hydrogen-bond donors (Lipinski definition) is 3. The third-order valence-electron chi connectivity index (χ3n) is 24.9. The Morgan fingerprint density at radius 2 is 1.47 bits per heavy atom. The van der Waals surface area contributed by atoms with E-state index < -0.39 is 36.1 Å². The number of unbranched alkanes of at least 4 members (excludes halogenated alkanes) is 2. The molecule has 0 aromatic carbocycles. The number of fused-ring (bicyclic) bond motifs is 5. The average molecular weight is 1110 g/mol. The number of Topliss-reactive ketones (excluding diaryl/α,β-unsaturated/α-hetero) is 1. The summed E-state index contributed by atoms with van der Waals surface area (Å²) in [5.74, 6) is 0.891. The van der Waals surface area contributed by atoms with E-state index in [-0.39, 0.29) is 105 Å². The van der Waals surface area contributed by atoms with E-state index in [9.17, 15) is 29.4 Å². The maximum absolute atomic E-state index is 15.2. The van der Waals surface area contributed by atoms with Gasteiger partial charge in [-0.3, -0.25) is 28.9 Å². The molecule has 7 rings (SSSR count). The van der Waals surface area contributed by atoms with E-state index in [0.717, 1.165) is 77.2 Å². The van der Waals surface area contributed by atoms with Gasteiger partial charge in [0.25, 0.3) is 0 Å². The van der Waals surface area contributed by atoms with Gasteiger partial charge in [0, 0.05) is 70.6 Å². The number of methoxy groups -OCH3 is 1. The van der Waals surface area contributed by atoms with Crippen LogP contribution in [0.25, 0.3) is 0 Å². The third kappa shape index (κ3) is 11.1. The van der Waals surface area contributed by atoms with Crippen LogP contribution in [-0.2, 0) is 28.7 Å². The number of rotatable bonds is 23. The average Bonchev–Trinajstić information content (AvgIpc) is 2.38. The number of nitrogens with one attached hydrogen (secondary N) is 1. The van der Waals surface area contributed by atoms with Crippen molar-refractivity contribution >= 4 is 29.4 Å². The molecule has 5 aliphatic carbocycles. The van der Waals surface area contributed by atoms with Crippen molar-refractivity contribution in [3.63, 3.8) is 0 Å². The Labute approximate surface area is 480 Å². The Bertz CT molecular complexity index is 2170. The first-order valence-electron chi connectivity index (χ1n) is 32.1. The van der Waals surface area contributed by atoms with Gasteiger partial charge >= 0.3 is 0 Å². The van der Waals surface area contributed by atoms with E-state index in [1.165, 1.54) is 25.7 Å². The first kappa shape index (κ1) is 64.0. The van der Waals surface area contributed by atoms with Crippen LogP contribution in [0.1, 0.15) is 213 Å². The number of carbonyl (C=O) groups is 5. The lowest BCUT2D eigenvalue weighted by atomic mass is 9.31. The fourth-order valence-electron chi connectivity index (χ4n) is 20.3. The fraction of sp³-hybridized carbons (Fsp3) is 0.924. The Morgan fingerprint density at radius 1 is 0.797 bits per heavy atom. The van der Waals surface area contributed by atoms with E-state index in [1.54, 1.807) is 19.1 Å². The summed E-state index contributed by atoms with van der Waals surface area (Å²) < 4.78 is 6.15. The number of likely N-dealkylation sites (tertiary alicyclic amines) is 2. The molecule has 3 N–H and O–H groups in total. The molecule has 2 aliphatic heterocycles. The van der Waals surface area contributed by atoms with Gasteiger partial charge in [-0.1, -0.05) is 110 Å². The molecule has 7 aliphatic rings. The molecule has 18 atom stereocenters. The van der Waals surface area contributed by atoms with Crippen molar-refractivity contribution in [1.29, 1.82) is 0 Å². The highest BCUT2D eigenvalue weighted by atomic mass is 16.5. The topological polar surface area (TPSA) is 160 Å². The minimum Gasteiger partial charge on any atom is -0.396 e. The Morgan fingerprint density at radius 3 is 2.08 bits per heavy atom. The zero-order chi connectivity index (χ0) is 58.7. The lowest BCUT2D eigenvalue weighted by Gasteiger charge is -2.73. The molecule has 79 heavy (non-hydrogen) atoms. The Balaban J connectivity index is 0.963. The second kappa shape index (κ2) is 24.2. The number of ether oxygens (including phenoxy) is 1. The highest BCUT2D eigenvalue weighted by Gasteiger charge is 2.75. The molecule has 2 bridgehead atoms. The van der Waals surface area contributed by atoms with Crippen molar-refractivity contribution in [1.82, 2.24) is 24.9 Å². The van der Waals surface area contributed by atoms with E-state index in [2.05, 4.69) is 72.5 Å². The smallest absolute Gasteiger partial charge is 0.245 e. The first-order valence-corrected chi connectivity index (χ1v) is 32.1. The maximum atomic E-state index is 15.2. The highest BCUT2D eigenvalue weighted by Crippen LogP contribution is 2.78. The van der Waals surface area contributed by atoms with Crippen molar-refractivity contribution in [2.24, 2.45) is 85.8 Å². The molecule has 5 saturated carbocycles. The van der Waals surface area contributed by atoms with Gasteiger partial charge in [-0.2, -0.15) is 0 Å². The van der Waals surface area contributed by atoms with E-state index in [1.807, 2.05) is 58.5 Å². The lowest BCUT2D eigenvalue weighted by molar-refractivity contribution is -0.250. The van der Waals surface area contributed by atoms with E-state index in [4.69, 9.17) is 4.74 Å². The van der Waals surface area contributed by atoms with Crippen LogP contribution in [0, 0.1) is 85.8 Å². The van der Waals surface area contributed by atoms with Gasteiger partial charge in [0.05, 0.1) is 29.7 Å². The van der Waals surface area contributed by atoms with Crippen LogP contribution < -0.4 is 5.32 Å². The molecule has 7 fully saturated rings. The van der Waals surface area contributed by atoms with Crippen LogP contribution in [0.3, 0.4) is 0 Å². The number of carbonyl (C=O) groups excluding carboxylic acids is 5. The fourth-order valence-corrected chi connectivity index (χ4v) is 20.3. The van der Waals surface area contributed by atoms with Crippen molar-refractivity contribution < 1.29 is 38.9 Å². The summed E-state index contributed by atoms with van der Waals surface area (Å²) in [6, 6.07) is -1.71. The van der Waals surface area contributed by atoms with Gasteiger partial charge < -0.3 is 35.0 Å². The SMILES string of the molecule is CC[C@H](C)[C@@H]([C@H](CO)CC(=O)N1CCCC1[C@H](OC)[C@@H](C)C(=O)CCCCCN1C(=O)[C@]23CCC(C)(C)C1C2C1CCC2[C@@]4(C)CC[C@H](O)C(C)(C)C4CC[C@@]2(C)[C@]1(C)CC3)N(C)C(=O)[C@@H](NC(=O)[C@H](C(C)C)N(C)C)C(C)C. The summed E-state index contributed by atoms with van der Waals surface area (Å²) in [7, 11) is 7.11.